The van der Waals surface area contributed by atoms with Gasteiger partial charge < -0.3 is 10.2 Å². The van der Waals surface area contributed by atoms with Crippen LogP contribution in [0, 0.1) is 0 Å². The first-order valence-corrected chi connectivity index (χ1v) is 6.41. The minimum Gasteiger partial charge on any atom is -0.349 e. The number of piperidine rings is 1. The number of likely N-dealkylation sites (tertiary alicyclic amines) is 1. The van der Waals surface area contributed by atoms with E-state index in [4.69, 9.17) is 0 Å². The average Bonchev–Trinajstić information content (AvgIpc) is 2.30. The Balaban J connectivity index is 2.35. The van der Waals surface area contributed by atoms with E-state index in [1.807, 2.05) is 13.0 Å². The first-order valence-electron chi connectivity index (χ1n) is 6.41. The van der Waals surface area contributed by atoms with Gasteiger partial charge in [0.2, 0.25) is 0 Å². The summed E-state index contributed by atoms with van der Waals surface area (Å²) in [6.07, 6.45) is 5.65. The highest BCUT2D eigenvalue weighted by Crippen LogP contribution is 2.13. The fourth-order valence-electron chi connectivity index (χ4n) is 2.12. The van der Waals surface area contributed by atoms with Crippen LogP contribution >= 0.6 is 0 Å². The smallest absolute Gasteiger partial charge is 0.250 e. The van der Waals surface area contributed by atoms with E-state index in [1.165, 1.54) is 0 Å². The Morgan fingerprint density at radius 1 is 1.41 bits per heavy atom. The molecule has 3 nitrogen and oxygen atoms in total. The number of hydrogen-bond donors (Lipinski definition) is 1. The number of amides is 1. The molecule has 0 radical (unpaired) electrons. The van der Waals surface area contributed by atoms with Crippen molar-refractivity contribution >= 4 is 5.91 Å². The Morgan fingerprint density at radius 3 is 2.47 bits per heavy atom. The molecule has 1 amide bonds. The summed E-state index contributed by atoms with van der Waals surface area (Å²) < 4.78 is 0. The fourth-order valence-corrected chi connectivity index (χ4v) is 2.12. The lowest BCUT2D eigenvalue weighted by Crippen LogP contribution is -2.46. The van der Waals surface area contributed by atoms with Gasteiger partial charge in [-0.3, -0.25) is 4.79 Å². The van der Waals surface area contributed by atoms with Gasteiger partial charge in [-0.25, -0.2) is 0 Å². The van der Waals surface area contributed by atoms with Crippen molar-refractivity contribution in [3.05, 3.63) is 24.3 Å². The molecular formula is C14H24N2O. The van der Waals surface area contributed by atoms with E-state index in [1.54, 1.807) is 6.08 Å². The first-order chi connectivity index (χ1) is 8.04. The van der Waals surface area contributed by atoms with Gasteiger partial charge in [0.25, 0.3) is 5.91 Å². The van der Waals surface area contributed by atoms with Gasteiger partial charge in [-0.05, 0) is 33.6 Å². The van der Waals surface area contributed by atoms with Crippen LogP contribution < -0.4 is 5.32 Å². The monoisotopic (exact) mass is 236 g/mol. The van der Waals surface area contributed by atoms with Crippen LogP contribution in [0.25, 0.3) is 0 Å². The Morgan fingerprint density at radius 2 is 2.00 bits per heavy atom. The number of carbonyl (C=O) groups is 1. The van der Waals surface area contributed by atoms with Gasteiger partial charge in [-0.1, -0.05) is 18.7 Å². The molecule has 0 atom stereocenters. The fraction of sp³-hybridized carbons (Fsp3) is 0.643. The van der Waals surface area contributed by atoms with Crippen LogP contribution in [0.5, 0.6) is 0 Å². The van der Waals surface area contributed by atoms with Crippen molar-refractivity contribution in [2.24, 2.45) is 0 Å². The lowest BCUT2D eigenvalue weighted by atomic mass is 10.0. The number of nitrogens with zero attached hydrogens (tertiary/aromatic N) is 1. The molecule has 0 aromatic rings. The van der Waals surface area contributed by atoms with Crippen LogP contribution in [0.15, 0.2) is 24.3 Å². The van der Waals surface area contributed by atoms with E-state index in [0.717, 1.165) is 25.9 Å². The molecule has 1 heterocycles. The van der Waals surface area contributed by atoms with E-state index >= 15 is 0 Å². The number of rotatable bonds is 4. The second-order valence-electron chi connectivity index (χ2n) is 4.90. The Hall–Kier alpha value is -1.09. The van der Waals surface area contributed by atoms with Gasteiger partial charge in [-0.2, -0.15) is 0 Å². The van der Waals surface area contributed by atoms with E-state index in [9.17, 15) is 4.79 Å². The van der Waals surface area contributed by atoms with Crippen LogP contribution in [0.1, 0.15) is 33.6 Å². The van der Waals surface area contributed by atoms with Crippen molar-refractivity contribution < 1.29 is 4.79 Å². The van der Waals surface area contributed by atoms with Gasteiger partial charge in [0.05, 0.1) is 0 Å². The Kier molecular flexibility index (Phi) is 5.42. The molecule has 1 N–H and O–H groups in total. The summed E-state index contributed by atoms with van der Waals surface area (Å²) in [6.45, 7) is 12.2. The molecule has 0 aromatic carbocycles. The third-order valence-corrected chi connectivity index (χ3v) is 3.25. The van der Waals surface area contributed by atoms with E-state index in [-0.39, 0.29) is 5.91 Å². The lowest BCUT2D eigenvalue weighted by Gasteiger charge is -2.34. The lowest BCUT2D eigenvalue weighted by molar-refractivity contribution is -0.118. The zero-order valence-corrected chi connectivity index (χ0v) is 11.2. The zero-order chi connectivity index (χ0) is 12.8. The summed E-state index contributed by atoms with van der Waals surface area (Å²) in [6, 6.07) is 0.907. The van der Waals surface area contributed by atoms with E-state index < -0.39 is 0 Å². The summed E-state index contributed by atoms with van der Waals surface area (Å²) in [4.78, 5) is 14.2. The van der Waals surface area contributed by atoms with E-state index in [0.29, 0.717) is 17.7 Å². The van der Waals surface area contributed by atoms with Crippen molar-refractivity contribution in [2.75, 3.05) is 13.1 Å². The molecule has 1 fully saturated rings. The normalized spacial score (nSPS) is 18.8. The summed E-state index contributed by atoms with van der Waals surface area (Å²) >= 11 is 0. The van der Waals surface area contributed by atoms with Crippen LogP contribution in [0.4, 0.5) is 0 Å². The Labute approximate surface area is 105 Å². The topological polar surface area (TPSA) is 32.3 Å². The van der Waals surface area contributed by atoms with Crippen molar-refractivity contribution in [3.8, 4) is 0 Å². The summed E-state index contributed by atoms with van der Waals surface area (Å²) in [7, 11) is 0. The van der Waals surface area contributed by atoms with Crippen molar-refractivity contribution in [1.29, 1.82) is 0 Å². The Bertz CT molecular complexity index is 299. The predicted molar refractivity (Wildman–Crippen MR) is 71.8 cm³/mol. The van der Waals surface area contributed by atoms with Crippen LogP contribution in [0.2, 0.25) is 0 Å². The molecule has 1 aliphatic heterocycles. The minimum atomic E-state index is -0.0360. The van der Waals surface area contributed by atoms with Crippen LogP contribution in [0.3, 0.4) is 0 Å². The second-order valence-corrected chi connectivity index (χ2v) is 4.90. The van der Waals surface area contributed by atoms with Gasteiger partial charge in [0, 0.05) is 30.7 Å². The SMILES string of the molecule is C=C(/C=C\C)C(=O)NC1CCN(C(C)C)CC1. The average molecular weight is 236 g/mol. The molecule has 1 aliphatic rings. The molecular weight excluding hydrogens is 212 g/mol. The predicted octanol–water partition coefficient (Wildman–Crippen LogP) is 2.11. The van der Waals surface area contributed by atoms with E-state index in [2.05, 4.69) is 30.6 Å². The molecule has 17 heavy (non-hydrogen) atoms. The van der Waals surface area contributed by atoms with Crippen LogP contribution in [-0.2, 0) is 4.79 Å². The highest BCUT2D eigenvalue weighted by atomic mass is 16.1. The van der Waals surface area contributed by atoms with Gasteiger partial charge in [0.1, 0.15) is 0 Å². The van der Waals surface area contributed by atoms with Crippen molar-refractivity contribution in [3.63, 3.8) is 0 Å². The molecule has 0 bridgehead atoms. The summed E-state index contributed by atoms with van der Waals surface area (Å²) in [5.74, 6) is -0.0360. The maximum Gasteiger partial charge on any atom is 0.250 e. The molecule has 1 rings (SSSR count). The summed E-state index contributed by atoms with van der Waals surface area (Å²) in [5.41, 5.74) is 0.541. The number of nitrogens with one attached hydrogen (secondary N) is 1. The summed E-state index contributed by atoms with van der Waals surface area (Å²) in [5, 5.41) is 3.05. The minimum absolute atomic E-state index is 0.0360. The highest BCUT2D eigenvalue weighted by molar-refractivity contribution is 5.95. The molecule has 0 unspecified atom stereocenters. The third-order valence-electron chi connectivity index (χ3n) is 3.25. The standard InChI is InChI=1S/C14H24N2O/c1-5-6-12(4)14(17)15-13-7-9-16(10-8-13)11(2)3/h5-6,11,13H,4,7-10H2,1-3H3,(H,15,17)/b6-5-. The number of carbonyl (C=O) groups excluding carboxylic acids is 1. The first kappa shape index (κ1) is 14.0. The number of allylic oxidation sites excluding steroid dienone is 1. The maximum atomic E-state index is 11.7. The molecule has 0 spiro atoms. The quantitative estimate of drug-likeness (QED) is 0.599. The van der Waals surface area contributed by atoms with Crippen LogP contribution in [-0.4, -0.2) is 36.0 Å². The molecule has 96 valence electrons. The molecule has 3 heteroatoms. The molecule has 1 saturated heterocycles. The van der Waals surface area contributed by atoms with Gasteiger partial charge in [0.15, 0.2) is 0 Å². The van der Waals surface area contributed by atoms with Gasteiger partial charge in [-0.15, -0.1) is 0 Å². The third kappa shape index (κ3) is 4.35. The van der Waals surface area contributed by atoms with Crippen molar-refractivity contribution in [2.45, 2.75) is 45.7 Å². The molecule has 0 aliphatic carbocycles. The second kappa shape index (κ2) is 6.60. The maximum absolute atomic E-state index is 11.7. The van der Waals surface area contributed by atoms with Crippen molar-refractivity contribution in [1.82, 2.24) is 10.2 Å². The number of hydrogen-bond acceptors (Lipinski definition) is 2. The largest absolute Gasteiger partial charge is 0.349 e. The van der Waals surface area contributed by atoms with Gasteiger partial charge >= 0.3 is 0 Å². The molecule has 0 aromatic heterocycles. The molecule has 0 saturated carbocycles. The highest BCUT2D eigenvalue weighted by Gasteiger charge is 2.22. The zero-order valence-electron chi connectivity index (χ0n) is 11.2.